The molecule has 5 nitrogen and oxygen atoms in total. The predicted octanol–water partition coefficient (Wildman–Crippen LogP) is 2.19. The van der Waals surface area contributed by atoms with Gasteiger partial charge in [0.05, 0.1) is 5.75 Å². The van der Waals surface area contributed by atoms with Gasteiger partial charge in [-0.3, -0.25) is 4.98 Å². The molecule has 6 heteroatoms. The van der Waals surface area contributed by atoms with Gasteiger partial charge in [-0.2, -0.15) is 4.31 Å². The predicted molar refractivity (Wildman–Crippen MR) is 83.9 cm³/mol. The van der Waals surface area contributed by atoms with Gasteiger partial charge in [0.25, 0.3) is 0 Å². The van der Waals surface area contributed by atoms with Crippen LogP contribution in [0.5, 0.6) is 0 Å². The highest BCUT2D eigenvalue weighted by Gasteiger charge is 2.24. The van der Waals surface area contributed by atoms with Crippen LogP contribution in [0.1, 0.15) is 24.1 Å². The molecule has 1 atom stereocenters. The van der Waals surface area contributed by atoms with Crippen molar-refractivity contribution in [3.8, 4) is 0 Å². The Bertz CT molecular complexity index is 685. The van der Waals surface area contributed by atoms with Crippen LogP contribution < -0.4 is 5.73 Å². The summed E-state index contributed by atoms with van der Waals surface area (Å²) in [5, 5.41) is 0. The molecule has 0 fully saturated rings. The number of rotatable bonds is 5. The van der Waals surface area contributed by atoms with Gasteiger partial charge in [-0.25, -0.2) is 8.42 Å². The lowest BCUT2D eigenvalue weighted by Crippen LogP contribution is -2.30. The lowest BCUT2D eigenvalue weighted by Gasteiger charge is -2.24. The van der Waals surface area contributed by atoms with Gasteiger partial charge in [0.1, 0.15) is 0 Å². The summed E-state index contributed by atoms with van der Waals surface area (Å²) in [4.78, 5) is 3.95. The number of aromatic nitrogens is 1. The van der Waals surface area contributed by atoms with Crippen molar-refractivity contribution in [1.29, 1.82) is 0 Å². The molecular weight excluding hydrogens is 286 g/mol. The first-order chi connectivity index (χ1) is 9.90. The molecule has 1 aromatic heterocycles. The summed E-state index contributed by atoms with van der Waals surface area (Å²) in [6.07, 6.45) is 3.32. The van der Waals surface area contributed by atoms with Crippen molar-refractivity contribution in [3.63, 3.8) is 0 Å². The van der Waals surface area contributed by atoms with E-state index in [9.17, 15) is 8.42 Å². The first kappa shape index (κ1) is 15.5. The third-order valence-electron chi connectivity index (χ3n) is 3.50. The van der Waals surface area contributed by atoms with E-state index in [1.165, 1.54) is 4.31 Å². The van der Waals surface area contributed by atoms with E-state index >= 15 is 0 Å². The van der Waals surface area contributed by atoms with E-state index < -0.39 is 10.0 Å². The van der Waals surface area contributed by atoms with Gasteiger partial charge in [-0.1, -0.05) is 12.1 Å². The maximum absolute atomic E-state index is 12.5. The summed E-state index contributed by atoms with van der Waals surface area (Å²) in [6, 6.07) is 10.3. The van der Waals surface area contributed by atoms with Gasteiger partial charge in [-0.05, 0) is 42.3 Å². The molecule has 0 aliphatic heterocycles. The molecule has 0 amide bonds. The van der Waals surface area contributed by atoms with Crippen LogP contribution >= 0.6 is 0 Å². The minimum Gasteiger partial charge on any atom is -0.399 e. The first-order valence-corrected chi connectivity index (χ1v) is 8.21. The first-order valence-electron chi connectivity index (χ1n) is 6.60. The fraction of sp³-hybridized carbons (Fsp3) is 0.267. The molecule has 0 aliphatic rings. The SMILES string of the molecule is CC(c1ccncc1)N(C)S(=O)(=O)Cc1ccc(N)cc1. The molecule has 2 rings (SSSR count). The summed E-state index contributed by atoms with van der Waals surface area (Å²) in [5.74, 6) is -0.0425. The number of pyridine rings is 1. The van der Waals surface area contributed by atoms with Crippen LogP contribution in [0.25, 0.3) is 0 Å². The van der Waals surface area contributed by atoms with Gasteiger partial charge < -0.3 is 5.73 Å². The third-order valence-corrected chi connectivity index (χ3v) is 5.39. The van der Waals surface area contributed by atoms with Crippen LogP contribution in [0.3, 0.4) is 0 Å². The molecule has 1 unspecified atom stereocenters. The summed E-state index contributed by atoms with van der Waals surface area (Å²) in [6.45, 7) is 1.86. The average Bonchev–Trinajstić information content (AvgIpc) is 2.49. The zero-order valence-electron chi connectivity index (χ0n) is 12.1. The van der Waals surface area contributed by atoms with Crippen molar-refractivity contribution in [1.82, 2.24) is 9.29 Å². The molecule has 0 spiro atoms. The van der Waals surface area contributed by atoms with Gasteiger partial charge in [0.2, 0.25) is 10.0 Å². The molecule has 0 radical (unpaired) electrons. The molecule has 2 aromatic rings. The smallest absolute Gasteiger partial charge is 0.218 e. The van der Waals surface area contributed by atoms with Gasteiger partial charge in [0.15, 0.2) is 0 Å². The van der Waals surface area contributed by atoms with Crippen molar-refractivity contribution in [2.75, 3.05) is 12.8 Å². The Morgan fingerprint density at radius 2 is 1.71 bits per heavy atom. The topological polar surface area (TPSA) is 76.3 Å². The number of nitrogen functional groups attached to an aromatic ring is 1. The zero-order valence-corrected chi connectivity index (χ0v) is 12.9. The molecule has 1 aromatic carbocycles. The van der Waals surface area contributed by atoms with E-state index in [2.05, 4.69) is 4.98 Å². The standard InChI is InChI=1S/C15H19N3O2S/c1-12(14-7-9-17-10-8-14)18(2)21(19,20)11-13-3-5-15(16)6-4-13/h3-10,12H,11,16H2,1-2H3. The molecule has 21 heavy (non-hydrogen) atoms. The van der Waals surface area contributed by atoms with Gasteiger partial charge in [-0.15, -0.1) is 0 Å². The minimum atomic E-state index is -3.40. The van der Waals surface area contributed by atoms with Crippen LogP contribution in [-0.2, 0) is 15.8 Å². The van der Waals surface area contributed by atoms with Crippen molar-refractivity contribution in [3.05, 3.63) is 59.9 Å². The highest BCUT2D eigenvalue weighted by molar-refractivity contribution is 7.88. The number of hydrogen-bond acceptors (Lipinski definition) is 4. The third kappa shape index (κ3) is 3.80. The molecule has 0 saturated heterocycles. The van der Waals surface area contributed by atoms with E-state index in [4.69, 9.17) is 5.73 Å². The van der Waals surface area contributed by atoms with Crippen LogP contribution in [0.2, 0.25) is 0 Å². The Morgan fingerprint density at radius 3 is 2.29 bits per heavy atom. The van der Waals surface area contributed by atoms with Crippen molar-refractivity contribution < 1.29 is 8.42 Å². The number of benzene rings is 1. The summed E-state index contributed by atoms with van der Waals surface area (Å²) in [7, 11) is -1.81. The molecular formula is C15H19N3O2S. The van der Waals surface area contributed by atoms with Gasteiger partial charge in [0, 0.05) is 31.2 Å². The fourth-order valence-corrected chi connectivity index (χ4v) is 3.44. The van der Waals surface area contributed by atoms with Crippen LogP contribution in [0, 0.1) is 0 Å². The normalized spacial score (nSPS) is 13.3. The van der Waals surface area contributed by atoms with Crippen molar-refractivity contribution in [2.45, 2.75) is 18.7 Å². The molecule has 0 saturated carbocycles. The molecule has 2 N–H and O–H groups in total. The van der Waals surface area contributed by atoms with Crippen molar-refractivity contribution >= 4 is 15.7 Å². The largest absolute Gasteiger partial charge is 0.399 e. The Kier molecular flexibility index (Phi) is 4.59. The van der Waals surface area contributed by atoms with Crippen LogP contribution in [0.15, 0.2) is 48.8 Å². The summed E-state index contributed by atoms with van der Waals surface area (Å²) in [5.41, 5.74) is 7.86. The second kappa shape index (κ2) is 6.24. The van der Waals surface area contributed by atoms with E-state index in [0.29, 0.717) is 5.69 Å². The Balaban J connectivity index is 2.17. The van der Waals surface area contributed by atoms with E-state index in [1.807, 2.05) is 19.1 Å². The molecule has 1 heterocycles. The number of sulfonamides is 1. The lowest BCUT2D eigenvalue weighted by molar-refractivity contribution is 0.397. The second-order valence-corrected chi connectivity index (χ2v) is 7.00. The van der Waals surface area contributed by atoms with Crippen LogP contribution in [0.4, 0.5) is 5.69 Å². The maximum atomic E-state index is 12.5. The van der Waals surface area contributed by atoms with E-state index in [1.54, 1.807) is 43.7 Å². The highest BCUT2D eigenvalue weighted by Crippen LogP contribution is 2.23. The molecule has 0 aliphatic carbocycles. The minimum absolute atomic E-state index is 0.0425. The fourth-order valence-electron chi connectivity index (χ4n) is 2.02. The summed E-state index contributed by atoms with van der Waals surface area (Å²) < 4.78 is 26.3. The Morgan fingerprint density at radius 1 is 1.14 bits per heavy atom. The van der Waals surface area contributed by atoms with E-state index in [-0.39, 0.29) is 11.8 Å². The Hall–Kier alpha value is -1.92. The Labute approximate surface area is 125 Å². The maximum Gasteiger partial charge on any atom is 0.218 e. The monoisotopic (exact) mass is 305 g/mol. The highest BCUT2D eigenvalue weighted by atomic mass is 32.2. The average molecular weight is 305 g/mol. The van der Waals surface area contributed by atoms with Crippen LogP contribution in [-0.4, -0.2) is 24.8 Å². The quantitative estimate of drug-likeness (QED) is 0.859. The summed E-state index contributed by atoms with van der Waals surface area (Å²) >= 11 is 0. The molecule has 112 valence electrons. The second-order valence-electron chi connectivity index (χ2n) is 4.97. The number of nitrogens with zero attached hydrogens (tertiary/aromatic N) is 2. The van der Waals surface area contributed by atoms with Gasteiger partial charge >= 0.3 is 0 Å². The number of hydrogen-bond donors (Lipinski definition) is 1. The van der Waals surface area contributed by atoms with Crippen molar-refractivity contribution in [2.24, 2.45) is 0 Å². The molecule has 0 bridgehead atoms. The van der Waals surface area contributed by atoms with E-state index in [0.717, 1.165) is 11.1 Å². The number of nitrogens with two attached hydrogens (primary N) is 1. The lowest BCUT2D eigenvalue weighted by atomic mass is 10.1. The zero-order chi connectivity index (χ0) is 15.5. The number of anilines is 1.